The lowest BCUT2D eigenvalue weighted by Gasteiger charge is -2.29. The van der Waals surface area contributed by atoms with E-state index in [1.165, 1.54) is 7.11 Å². The Kier molecular flexibility index (Phi) is 6.07. The van der Waals surface area contributed by atoms with Crippen molar-refractivity contribution in [3.05, 3.63) is 60.7 Å². The fourth-order valence-corrected chi connectivity index (χ4v) is 2.05. The summed E-state index contributed by atoms with van der Waals surface area (Å²) in [6.07, 6.45) is 0. The Labute approximate surface area is 125 Å². The number of benzene rings is 2. The van der Waals surface area contributed by atoms with E-state index in [1.807, 2.05) is 72.5 Å². The molecule has 0 fully saturated rings. The molecule has 0 radical (unpaired) electrons. The van der Waals surface area contributed by atoms with Crippen molar-refractivity contribution in [1.82, 2.24) is 0 Å². The highest BCUT2D eigenvalue weighted by Crippen LogP contribution is 2.27. The van der Waals surface area contributed by atoms with E-state index in [1.54, 1.807) is 0 Å². The van der Waals surface area contributed by atoms with Gasteiger partial charge < -0.3 is 9.64 Å². The molecule has 2 aromatic carbocycles. The third-order valence-corrected chi connectivity index (χ3v) is 3.00. The summed E-state index contributed by atoms with van der Waals surface area (Å²) < 4.78 is 4.86. The number of esters is 1. The minimum atomic E-state index is -0.380. The molecule has 0 amide bonds. The van der Waals surface area contributed by atoms with Gasteiger partial charge in [0.25, 0.3) is 0 Å². The number of halogens is 1. The summed E-state index contributed by atoms with van der Waals surface area (Å²) >= 11 is 0. The second-order valence-electron chi connectivity index (χ2n) is 4.24. The monoisotopic (exact) mass is 291 g/mol. The Morgan fingerprint density at radius 1 is 0.950 bits per heavy atom. The molecule has 0 saturated carbocycles. The molecule has 0 heterocycles. The Hall–Kier alpha value is -2.00. The number of hydrogen-bond acceptors (Lipinski definition) is 3. The van der Waals surface area contributed by atoms with Crippen molar-refractivity contribution < 1.29 is 9.53 Å². The lowest BCUT2D eigenvalue weighted by Crippen LogP contribution is -2.36. The predicted octanol–water partition coefficient (Wildman–Crippen LogP) is 3.81. The summed E-state index contributed by atoms with van der Waals surface area (Å²) in [6, 6.07) is 19.3. The van der Waals surface area contributed by atoms with Gasteiger partial charge in [-0.2, -0.15) is 0 Å². The minimum Gasteiger partial charge on any atom is -0.467 e. The first kappa shape index (κ1) is 16.1. The van der Waals surface area contributed by atoms with Gasteiger partial charge in [-0.25, -0.2) is 4.79 Å². The molecule has 0 aliphatic carbocycles. The van der Waals surface area contributed by atoms with Crippen molar-refractivity contribution in [2.45, 2.75) is 13.0 Å². The van der Waals surface area contributed by atoms with E-state index in [2.05, 4.69) is 0 Å². The van der Waals surface area contributed by atoms with Crippen LogP contribution in [0.5, 0.6) is 0 Å². The average Bonchev–Trinajstić information content (AvgIpc) is 2.49. The summed E-state index contributed by atoms with van der Waals surface area (Å²) in [6.45, 7) is 1.84. The van der Waals surface area contributed by atoms with E-state index < -0.39 is 0 Å². The summed E-state index contributed by atoms with van der Waals surface area (Å²) in [5.74, 6) is -0.257. The van der Waals surface area contributed by atoms with E-state index in [0.29, 0.717) is 0 Å². The molecule has 0 spiro atoms. The molecular formula is C16H18ClNO2. The standard InChI is InChI=1S/C16H17NO2.ClH/c1-13(16(18)19-2)17(14-9-5-3-6-10-14)15-11-7-4-8-12-15;/h3-13H,1-2H3;1H/t13-;/m0./s1. The van der Waals surface area contributed by atoms with Gasteiger partial charge in [-0.1, -0.05) is 36.4 Å². The van der Waals surface area contributed by atoms with Gasteiger partial charge in [-0.05, 0) is 31.2 Å². The number of para-hydroxylation sites is 2. The van der Waals surface area contributed by atoms with Gasteiger partial charge in [0.15, 0.2) is 0 Å². The predicted molar refractivity (Wildman–Crippen MR) is 83.7 cm³/mol. The molecule has 4 heteroatoms. The Balaban J connectivity index is 0.00000200. The quantitative estimate of drug-likeness (QED) is 0.802. The normalized spacial score (nSPS) is 11.1. The molecule has 0 aliphatic heterocycles. The summed E-state index contributed by atoms with van der Waals surface area (Å²) in [4.78, 5) is 13.8. The van der Waals surface area contributed by atoms with Crippen LogP contribution in [0.3, 0.4) is 0 Å². The van der Waals surface area contributed by atoms with Crippen molar-refractivity contribution in [2.75, 3.05) is 12.0 Å². The van der Waals surface area contributed by atoms with Crippen LogP contribution in [0.1, 0.15) is 6.92 Å². The van der Waals surface area contributed by atoms with E-state index in [9.17, 15) is 4.79 Å². The number of carbonyl (C=O) groups excluding carboxylic acids is 1. The highest BCUT2D eigenvalue weighted by Gasteiger charge is 2.23. The summed E-state index contributed by atoms with van der Waals surface area (Å²) in [7, 11) is 1.41. The number of ether oxygens (including phenoxy) is 1. The highest BCUT2D eigenvalue weighted by atomic mass is 35.5. The number of carbonyl (C=O) groups is 1. The maximum Gasteiger partial charge on any atom is 0.328 e. The van der Waals surface area contributed by atoms with Gasteiger partial charge in [-0.3, -0.25) is 0 Å². The molecule has 0 aromatic heterocycles. The van der Waals surface area contributed by atoms with Gasteiger partial charge in [-0.15, -0.1) is 12.4 Å². The van der Waals surface area contributed by atoms with Crippen LogP contribution >= 0.6 is 12.4 Å². The van der Waals surface area contributed by atoms with E-state index in [-0.39, 0.29) is 24.4 Å². The number of rotatable bonds is 4. The topological polar surface area (TPSA) is 29.5 Å². The molecule has 0 bridgehead atoms. The zero-order valence-electron chi connectivity index (χ0n) is 11.5. The molecule has 0 N–H and O–H groups in total. The third-order valence-electron chi connectivity index (χ3n) is 3.00. The Morgan fingerprint density at radius 2 is 1.35 bits per heavy atom. The SMILES string of the molecule is COC(=O)[C@H](C)N(c1ccccc1)c1ccccc1.Cl. The van der Waals surface area contributed by atoms with Crippen molar-refractivity contribution in [3.63, 3.8) is 0 Å². The first-order valence-corrected chi connectivity index (χ1v) is 6.21. The fourth-order valence-electron chi connectivity index (χ4n) is 2.05. The van der Waals surface area contributed by atoms with Crippen LogP contribution < -0.4 is 4.90 Å². The van der Waals surface area contributed by atoms with Gasteiger partial charge in [0.2, 0.25) is 0 Å². The van der Waals surface area contributed by atoms with Crippen LogP contribution in [0.15, 0.2) is 60.7 Å². The average molecular weight is 292 g/mol. The fraction of sp³-hybridized carbons (Fsp3) is 0.188. The number of methoxy groups -OCH3 is 1. The number of anilines is 2. The van der Waals surface area contributed by atoms with Gasteiger partial charge in [0, 0.05) is 11.4 Å². The zero-order valence-corrected chi connectivity index (χ0v) is 12.3. The molecular weight excluding hydrogens is 274 g/mol. The maximum atomic E-state index is 11.8. The molecule has 2 rings (SSSR count). The molecule has 0 aliphatic rings. The second-order valence-corrected chi connectivity index (χ2v) is 4.24. The van der Waals surface area contributed by atoms with Crippen LogP contribution in [0.25, 0.3) is 0 Å². The van der Waals surface area contributed by atoms with Crippen LogP contribution in [0.4, 0.5) is 11.4 Å². The molecule has 106 valence electrons. The van der Waals surface area contributed by atoms with Crippen molar-refractivity contribution in [3.8, 4) is 0 Å². The lowest BCUT2D eigenvalue weighted by molar-refractivity contribution is -0.141. The zero-order chi connectivity index (χ0) is 13.7. The highest BCUT2D eigenvalue weighted by molar-refractivity contribution is 5.85. The van der Waals surface area contributed by atoms with E-state index >= 15 is 0 Å². The number of hydrogen-bond donors (Lipinski definition) is 0. The van der Waals surface area contributed by atoms with Gasteiger partial charge in [0.05, 0.1) is 7.11 Å². The maximum absolute atomic E-state index is 11.8. The molecule has 0 saturated heterocycles. The van der Waals surface area contributed by atoms with Crippen LogP contribution in [-0.4, -0.2) is 19.1 Å². The molecule has 1 atom stereocenters. The van der Waals surface area contributed by atoms with Crippen molar-refractivity contribution in [2.24, 2.45) is 0 Å². The smallest absolute Gasteiger partial charge is 0.328 e. The van der Waals surface area contributed by atoms with E-state index in [0.717, 1.165) is 11.4 Å². The van der Waals surface area contributed by atoms with E-state index in [4.69, 9.17) is 4.74 Å². The van der Waals surface area contributed by atoms with Gasteiger partial charge in [0.1, 0.15) is 6.04 Å². The number of nitrogens with zero attached hydrogens (tertiary/aromatic N) is 1. The minimum absolute atomic E-state index is 0. The first-order valence-electron chi connectivity index (χ1n) is 6.21. The largest absolute Gasteiger partial charge is 0.467 e. The van der Waals surface area contributed by atoms with Crippen molar-refractivity contribution in [1.29, 1.82) is 0 Å². The third kappa shape index (κ3) is 3.52. The van der Waals surface area contributed by atoms with Crippen LogP contribution in [0.2, 0.25) is 0 Å². The molecule has 2 aromatic rings. The molecule has 20 heavy (non-hydrogen) atoms. The molecule has 0 unspecified atom stereocenters. The van der Waals surface area contributed by atoms with Crippen LogP contribution in [0, 0.1) is 0 Å². The van der Waals surface area contributed by atoms with Crippen molar-refractivity contribution >= 4 is 29.8 Å². The first-order chi connectivity index (χ1) is 9.24. The Morgan fingerprint density at radius 3 is 1.70 bits per heavy atom. The lowest BCUT2D eigenvalue weighted by atomic mass is 10.1. The Bertz CT molecular complexity index is 491. The van der Waals surface area contributed by atoms with Gasteiger partial charge >= 0.3 is 5.97 Å². The molecule has 3 nitrogen and oxygen atoms in total. The van der Waals surface area contributed by atoms with Crippen LogP contribution in [-0.2, 0) is 9.53 Å². The second kappa shape index (κ2) is 7.56. The summed E-state index contributed by atoms with van der Waals surface area (Å²) in [5.41, 5.74) is 1.93. The summed E-state index contributed by atoms with van der Waals surface area (Å²) in [5, 5.41) is 0.